The molecule has 0 N–H and O–H groups in total. The second kappa shape index (κ2) is 10.2. The molecule has 3 nitrogen and oxygen atoms in total. The van der Waals surface area contributed by atoms with Crippen LogP contribution in [0.15, 0.2) is 132 Å². The van der Waals surface area contributed by atoms with Gasteiger partial charge in [0.15, 0.2) is 0 Å². The van der Waals surface area contributed by atoms with Crippen molar-refractivity contribution >= 4 is 44.2 Å². The normalized spacial score (nSPS) is 18.1. The van der Waals surface area contributed by atoms with E-state index in [-0.39, 0.29) is 10.8 Å². The van der Waals surface area contributed by atoms with E-state index in [1.165, 1.54) is 44.1 Å². The van der Waals surface area contributed by atoms with Crippen molar-refractivity contribution in [1.82, 2.24) is 4.98 Å². The van der Waals surface area contributed by atoms with E-state index in [2.05, 4.69) is 154 Å². The predicted octanol–water partition coefficient (Wildman–Crippen LogP) is 10.1. The number of anilines is 1. The highest BCUT2D eigenvalue weighted by molar-refractivity contribution is 6.13. The average Bonchev–Trinajstić information content (AvgIpc) is 3.42. The van der Waals surface area contributed by atoms with Gasteiger partial charge in [0.2, 0.25) is 0 Å². The molecule has 0 saturated heterocycles. The summed E-state index contributed by atoms with van der Waals surface area (Å²) in [6.07, 6.45) is 12.7. The van der Waals surface area contributed by atoms with Crippen LogP contribution < -0.4 is 4.90 Å². The Morgan fingerprint density at radius 2 is 1.40 bits per heavy atom. The lowest BCUT2D eigenvalue weighted by atomic mass is 9.79. The van der Waals surface area contributed by atoms with Crippen molar-refractivity contribution in [1.29, 1.82) is 0 Å². The van der Waals surface area contributed by atoms with Gasteiger partial charge in [-0.05, 0) is 87.1 Å². The van der Waals surface area contributed by atoms with Crippen molar-refractivity contribution in [3.05, 3.63) is 144 Å². The maximum atomic E-state index is 5.13. The van der Waals surface area contributed by atoms with Gasteiger partial charge in [-0.1, -0.05) is 101 Å². The molecule has 7 rings (SSSR count). The lowest BCUT2D eigenvalue weighted by Crippen LogP contribution is -2.25. The maximum absolute atomic E-state index is 5.13. The highest BCUT2D eigenvalue weighted by Gasteiger charge is 2.40. The summed E-state index contributed by atoms with van der Waals surface area (Å²) in [6, 6.07) is 30.4. The fraction of sp³-hybridized carbons (Fsp3) is 0.200. The number of nitrogens with zero attached hydrogens (tertiary/aromatic N) is 3. The molecule has 1 aromatic heterocycles. The molecule has 3 heteroatoms. The monoisotopic (exact) mass is 559 g/mol. The van der Waals surface area contributed by atoms with E-state index in [4.69, 9.17) is 4.99 Å². The Balaban J connectivity index is 1.31. The molecule has 0 aliphatic carbocycles. The van der Waals surface area contributed by atoms with E-state index in [0.717, 1.165) is 29.1 Å². The Bertz CT molecular complexity index is 2000. The van der Waals surface area contributed by atoms with Crippen molar-refractivity contribution in [2.75, 3.05) is 11.4 Å². The standard InChI is InChI=1S/C40H37N3/c1-6-43-34-20-16-30-12-8-10-14-32(30)38(34)40(4,5)36(43)22-18-27(28-23-25-41-26-24-28)17-21-35-39(2,3)37-31-13-9-7-11-29(31)15-19-33(37)42-35/h7-26H,6H2,1-5H3/b21-17+,27-18-,36-22+. The van der Waals surface area contributed by atoms with Gasteiger partial charge < -0.3 is 4.90 Å². The SMILES string of the molecule is CCN1/C(=C/C=C(/C=C/C2=Nc3ccc4ccccc4c3C2(C)C)c2ccncc2)C(C)(C)c2c1ccc1ccccc21. The van der Waals surface area contributed by atoms with Crippen LogP contribution in [0.4, 0.5) is 11.4 Å². The van der Waals surface area contributed by atoms with Crippen molar-refractivity contribution < 1.29 is 0 Å². The summed E-state index contributed by atoms with van der Waals surface area (Å²) in [7, 11) is 0. The van der Waals surface area contributed by atoms with Gasteiger partial charge >= 0.3 is 0 Å². The van der Waals surface area contributed by atoms with Crippen molar-refractivity contribution in [3.8, 4) is 0 Å². The van der Waals surface area contributed by atoms with Crippen LogP contribution in [-0.4, -0.2) is 17.2 Å². The zero-order valence-corrected chi connectivity index (χ0v) is 25.6. The van der Waals surface area contributed by atoms with E-state index in [0.29, 0.717) is 0 Å². The molecule has 0 saturated carbocycles. The molecule has 0 spiro atoms. The van der Waals surface area contributed by atoms with Crippen molar-refractivity contribution in [2.45, 2.75) is 45.4 Å². The molecule has 0 unspecified atom stereocenters. The molecule has 0 fully saturated rings. The summed E-state index contributed by atoms with van der Waals surface area (Å²) in [5.41, 5.74) is 9.36. The van der Waals surface area contributed by atoms with Crippen LogP contribution in [0.5, 0.6) is 0 Å². The number of hydrogen-bond donors (Lipinski definition) is 0. The summed E-state index contributed by atoms with van der Waals surface area (Å²) in [5.74, 6) is 0. The first-order valence-corrected chi connectivity index (χ1v) is 15.2. The topological polar surface area (TPSA) is 28.5 Å². The fourth-order valence-corrected chi connectivity index (χ4v) is 7.16. The van der Waals surface area contributed by atoms with Crippen LogP contribution in [0.25, 0.3) is 27.1 Å². The third kappa shape index (κ3) is 4.34. The van der Waals surface area contributed by atoms with E-state index in [1.807, 2.05) is 12.4 Å². The van der Waals surface area contributed by atoms with Crippen LogP contribution in [-0.2, 0) is 10.8 Å². The number of rotatable bonds is 5. The Kier molecular flexibility index (Phi) is 6.43. The Labute approximate surface area is 254 Å². The summed E-state index contributed by atoms with van der Waals surface area (Å²) in [5, 5.41) is 5.16. The molecule has 2 aliphatic heterocycles. The fourth-order valence-electron chi connectivity index (χ4n) is 7.16. The highest BCUT2D eigenvalue weighted by atomic mass is 15.2. The third-order valence-corrected chi connectivity index (χ3v) is 9.34. The molecule has 0 bridgehead atoms. The number of aromatic nitrogens is 1. The third-order valence-electron chi connectivity index (χ3n) is 9.34. The molecule has 0 atom stereocenters. The van der Waals surface area contributed by atoms with Gasteiger partial charge in [-0.25, -0.2) is 0 Å². The average molecular weight is 560 g/mol. The molecular weight excluding hydrogens is 522 g/mol. The predicted molar refractivity (Wildman–Crippen MR) is 183 cm³/mol. The summed E-state index contributed by atoms with van der Waals surface area (Å²) in [6.45, 7) is 12.4. The number of pyridine rings is 1. The lowest BCUT2D eigenvalue weighted by Gasteiger charge is -2.26. The minimum absolute atomic E-state index is 0.143. The molecule has 212 valence electrons. The molecule has 5 aromatic rings. The first-order chi connectivity index (χ1) is 20.8. The number of likely N-dealkylation sites (N-methyl/N-ethyl adjacent to an activating group) is 1. The van der Waals surface area contributed by atoms with Gasteiger partial charge in [-0.3, -0.25) is 9.98 Å². The van der Waals surface area contributed by atoms with Crippen molar-refractivity contribution in [2.24, 2.45) is 4.99 Å². The first kappa shape index (κ1) is 27.1. The van der Waals surface area contributed by atoms with Crippen LogP contribution in [0, 0.1) is 0 Å². The van der Waals surface area contributed by atoms with E-state index < -0.39 is 0 Å². The van der Waals surface area contributed by atoms with Gasteiger partial charge in [0.1, 0.15) is 0 Å². The highest BCUT2D eigenvalue weighted by Crippen LogP contribution is 2.51. The largest absolute Gasteiger partial charge is 0.344 e. The van der Waals surface area contributed by atoms with E-state index in [9.17, 15) is 0 Å². The van der Waals surface area contributed by atoms with Crippen LogP contribution in [0.3, 0.4) is 0 Å². The summed E-state index contributed by atoms with van der Waals surface area (Å²) < 4.78 is 0. The van der Waals surface area contributed by atoms with Crippen LogP contribution in [0.1, 0.15) is 51.3 Å². The van der Waals surface area contributed by atoms with Gasteiger partial charge in [0, 0.05) is 41.2 Å². The van der Waals surface area contributed by atoms with Gasteiger partial charge in [0.25, 0.3) is 0 Å². The molecule has 0 radical (unpaired) electrons. The van der Waals surface area contributed by atoms with E-state index in [1.54, 1.807) is 0 Å². The molecule has 2 aliphatic rings. The number of hydrogen-bond acceptors (Lipinski definition) is 3. The van der Waals surface area contributed by atoms with Crippen molar-refractivity contribution in [3.63, 3.8) is 0 Å². The van der Waals surface area contributed by atoms with E-state index >= 15 is 0 Å². The first-order valence-electron chi connectivity index (χ1n) is 15.2. The van der Waals surface area contributed by atoms with Crippen LogP contribution in [0.2, 0.25) is 0 Å². The quantitative estimate of drug-likeness (QED) is 0.200. The Morgan fingerprint density at radius 1 is 0.744 bits per heavy atom. The Morgan fingerprint density at radius 3 is 2.09 bits per heavy atom. The zero-order chi connectivity index (χ0) is 29.8. The number of benzene rings is 4. The van der Waals surface area contributed by atoms with Gasteiger partial charge in [-0.15, -0.1) is 0 Å². The molecule has 4 aromatic carbocycles. The lowest BCUT2D eigenvalue weighted by molar-refractivity contribution is 0.638. The van der Waals surface area contributed by atoms with Gasteiger partial charge in [0.05, 0.1) is 11.4 Å². The second-order valence-electron chi connectivity index (χ2n) is 12.6. The number of allylic oxidation sites excluding steroid dienone is 6. The summed E-state index contributed by atoms with van der Waals surface area (Å²) >= 11 is 0. The number of fused-ring (bicyclic) bond motifs is 6. The summed E-state index contributed by atoms with van der Waals surface area (Å²) in [4.78, 5) is 11.9. The smallest absolute Gasteiger partial charge is 0.0681 e. The molecular formula is C40H37N3. The Hall–Kier alpha value is -4.76. The minimum atomic E-state index is -0.205. The second-order valence-corrected chi connectivity index (χ2v) is 12.6. The maximum Gasteiger partial charge on any atom is 0.0681 e. The zero-order valence-electron chi connectivity index (χ0n) is 25.6. The van der Waals surface area contributed by atoms with Crippen LogP contribution >= 0.6 is 0 Å². The number of aliphatic imine (C=N–C) groups is 1. The minimum Gasteiger partial charge on any atom is -0.344 e. The molecule has 3 heterocycles. The van der Waals surface area contributed by atoms with Gasteiger partial charge in [-0.2, -0.15) is 0 Å². The molecule has 0 amide bonds. The molecule has 43 heavy (non-hydrogen) atoms.